The molecule has 0 aromatic heterocycles. The first-order valence-electron chi connectivity index (χ1n) is 6.99. The SMILES string of the molecule is O=C1S/C(=C\c2ccc(Cl)c(Cl)c2)C(=O)N1Cc1ccc(Cl)cc1Cl. The van der Waals surface area contributed by atoms with Crippen molar-refractivity contribution in [3.05, 3.63) is 72.5 Å². The molecule has 2 aromatic rings. The fourth-order valence-electron chi connectivity index (χ4n) is 2.21. The Hall–Kier alpha value is -1.17. The first-order chi connectivity index (χ1) is 11.8. The van der Waals surface area contributed by atoms with Gasteiger partial charge in [-0.15, -0.1) is 0 Å². The molecule has 0 radical (unpaired) electrons. The first-order valence-corrected chi connectivity index (χ1v) is 9.32. The highest BCUT2D eigenvalue weighted by molar-refractivity contribution is 8.18. The summed E-state index contributed by atoms with van der Waals surface area (Å²) in [5.41, 5.74) is 1.33. The number of rotatable bonds is 3. The topological polar surface area (TPSA) is 37.4 Å². The third kappa shape index (κ3) is 4.15. The van der Waals surface area contributed by atoms with Gasteiger partial charge in [-0.05, 0) is 53.2 Å². The summed E-state index contributed by atoms with van der Waals surface area (Å²) in [7, 11) is 0. The molecule has 0 N–H and O–H groups in total. The maximum atomic E-state index is 12.5. The molecule has 2 aromatic carbocycles. The van der Waals surface area contributed by atoms with Crippen molar-refractivity contribution in [2.75, 3.05) is 0 Å². The van der Waals surface area contributed by atoms with Gasteiger partial charge in [0.2, 0.25) is 0 Å². The fourth-order valence-corrected chi connectivity index (χ4v) is 3.82. The maximum absolute atomic E-state index is 12.5. The third-order valence-corrected chi connectivity index (χ3v) is 5.69. The Morgan fingerprint density at radius 1 is 0.920 bits per heavy atom. The van der Waals surface area contributed by atoms with Gasteiger partial charge in [-0.2, -0.15) is 0 Å². The number of hydrogen-bond donors (Lipinski definition) is 0. The van der Waals surface area contributed by atoms with Crippen LogP contribution in [0.15, 0.2) is 41.3 Å². The minimum atomic E-state index is -0.382. The zero-order valence-electron chi connectivity index (χ0n) is 12.4. The van der Waals surface area contributed by atoms with Crippen LogP contribution >= 0.6 is 58.2 Å². The van der Waals surface area contributed by atoms with Crippen LogP contribution in [-0.2, 0) is 11.3 Å². The second kappa shape index (κ2) is 7.60. The highest BCUT2D eigenvalue weighted by atomic mass is 35.5. The van der Waals surface area contributed by atoms with Crippen molar-refractivity contribution in [1.82, 2.24) is 4.90 Å². The Balaban J connectivity index is 1.84. The zero-order chi connectivity index (χ0) is 18.1. The van der Waals surface area contributed by atoms with Gasteiger partial charge in [0, 0.05) is 10.0 Å². The Labute approximate surface area is 168 Å². The summed E-state index contributed by atoms with van der Waals surface area (Å²) < 4.78 is 0. The van der Waals surface area contributed by atoms with Gasteiger partial charge in [0.25, 0.3) is 11.1 Å². The molecule has 3 rings (SSSR count). The van der Waals surface area contributed by atoms with Gasteiger partial charge < -0.3 is 0 Å². The molecular weight excluding hydrogens is 424 g/mol. The average molecular weight is 433 g/mol. The molecule has 1 aliphatic heterocycles. The van der Waals surface area contributed by atoms with Crippen LogP contribution < -0.4 is 0 Å². The van der Waals surface area contributed by atoms with Crippen molar-refractivity contribution in [2.45, 2.75) is 6.54 Å². The predicted molar refractivity (Wildman–Crippen MR) is 104 cm³/mol. The van der Waals surface area contributed by atoms with E-state index in [2.05, 4.69) is 0 Å². The van der Waals surface area contributed by atoms with Crippen molar-refractivity contribution in [3.63, 3.8) is 0 Å². The Bertz CT molecular complexity index is 914. The van der Waals surface area contributed by atoms with E-state index < -0.39 is 0 Å². The van der Waals surface area contributed by atoms with Gasteiger partial charge >= 0.3 is 0 Å². The van der Waals surface area contributed by atoms with E-state index in [0.717, 1.165) is 16.7 Å². The van der Waals surface area contributed by atoms with Crippen LogP contribution in [-0.4, -0.2) is 16.0 Å². The van der Waals surface area contributed by atoms with Crippen molar-refractivity contribution in [2.24, 2.45) is 0 Å². The summed E-state index contributed by atoms with van der Waals surface area (Å²) >= 11 is 24.7. The number of thioether (sulfide) groups is 1. The lowest BCUT2D eigenvalue weighted by Gasteiger charge is -2.13. The quantitative estimate of drug-likeness (QED) is 0.517. The van der Waals surface area contributed by atoms with E-state index in [4.69, 9.17) is 46.4 Å². The van der Waals surface area contributed by atoms with Crippen LogP contribution in [0, 0.1) is 0 Å². The largest absolute Gasteiger partial charge is 0.293 e. The molecule has 1 heterocycles. The van der Waals surface area contributed by atoms with E-state index in [0.29, 0.717) is 36.1 Å². The number of halogens is 4. The van der Waals surface area contributed by atoms with Crippen LogP contribution in [0.5, 0.6) is 0 Å². The molecule has 0 aliphatic carbocycles. The zero-order valence-corrected chi connectivity index (χ0v) is 16.3. The first kappa shape index (κ1) is 18.6. The summed E-state index contributed by atoms with van der Waals surface area (Å²) in [6.45, 7) is 0.0827. The Morgan fingerprint density at radius 2 is 1.68 bits per heavy atom. The molecule has 0 spiro atoms. The lowest BCUT2D eigenvalue weighted by molar-refractivity contribution is -0.123. The van der Waals surface area contributed by atoms with Gasteiger partial charge in [-0.1, -0.05) is 58.5 Å². The number of imide groups is 1. The number of benzene rings is 2. The molecule has 1 fully saturated rings. The number of nitrogens with zero attached hydrogens (tertiary/aromatic N) is 1. The normalized spacial score (nSPS) is 16.2. The summed E-state index contributed by atoms with van der Waals surface area (Å²) in [5, 5.41) is 1.33. The molecule has 0 atom stereocenters. The van der Waals surface area contributed by atoms with Crippen LogP contribution in [0.25, 0.3) is 6.08 Å². The third-order valence-electron chi connectivity index (χ3n) is 3.46. The van der Waals surface area contributed by atoms with Crippen LogP contribution in [0.1, 0.15) is 11.1 Å². The van der Waals surface area contributed by atoms with E-state index in [-0.39, 0.29) is 17.7 Å². The molecule has 0 unspecified atom stereocenters. The van der Waals surface area contributed by atoms with Crippen LogP contribution in [0.2, 0.25) is 20.1 Å². The molecule has 3 nitrogen and oxygen atoms in total. The summed E-state index contributed by atoms with van der Waals surface area (Å²) in [4.78, 5) is 26.2. The smallest absolute Gasteiger partial charge is 0.268 e. The molecule has 2 amide bonds. The minimum Gasteiger partial charge on any atom is -0.268 e. The molecule has 128 valence electrons. The molecule has 0 saturated carbocycles. The molecule has 1 saturated heterocycles. The summed E-state index contributed by atoms with van der Waals surface area (Å²) in [6.07, 6.45) is 1.61. The Morgan fingerprint density at radius 3 is 2.36 bits per heavy atom. The summed E-state index contributed by atoms with van der Waals surface area (Å²) in [5.74, 6) is -0.382. The van der Waals surface area contributed by atoms with Crippen molar-refractivity contribution < 1.29 is 9.59 Å². The van der Waals surface area contributed by atoms with Crippen LogP contribution in [0.3, 0.4) is 0 Å². The molecule has 1 aliphatic rings. The van der Waals surface area contributed by atoms with Gasteiger partial charge in [0.05, 0.1) is 21.5 Å². The van der Waals surface area contributed by atoms with E-state index in [1.54, 1.807) is 42.5 Å². The maximum Gasteiger partial charge on any atom is 0.293 e. The lowest BCUT2D eigenvalue weighted by Crippen LogP contribution is -2.27. The van der Waals surface area contributed by atoms with E-state index in [9.17, 15) is 9.59 Å². The standard InChI is InChI=1S/C17H9Cl4NO2S/c18-11-3-2-10(13(20)7-11)8-22-16(23)15(25-17(22)24)6-9-1-4-12(19)14(21)5-9/h1-7H,8H2/b15-6-. The lowest BCUT2D eigenvalue weighted by atomic mass is 10.2. The number of amides is 2. The van der Waals surface area contributed by atoms with Crippen LogP contribution in [0.4, 0.5) is 4.79 Å². The Kier molecular flexibility index (Phi) is 5.66. The van der Waals surface area contributed by atoms with Gasteiger partial charge in [-0.25, -0.2) is 0 Å². The molecule has 0 bridgehead atoms. The van der Waals surface area contributed by atoms with Gasteiger partial charge in [0.1, 0.15) is 0 Å². The van der Waals surface area contributed by atoms with E-state index in [1.807, 2.05) is 0 Å². The number of carbonyl (C=O) groups is 2. The van der Waals surface area contributed by atoms with E-state index >= 15 is 0 Å². The van der Waals surface area contributed by atoms with Gasteiger partial charge in [-0.3, -0.25) is 14.5 Å². The monoisotopic (exact) mass is 431 g/mol. The molecule has 8 heteroatoms. The predicted octanol–water partition coefficient (Wildman–Crippen LogP) is 6.54. The molecular formula is C17H9Cl4NO2S. The highest BCUT2D eigenvalue weighted by Crippen LogP contribution is 2.35. The van der Waals surface area contributed by atoms with Crippen molar-refractivity contribution in [1.29, 1.82) is 0 Å². The number of hydrogen-bond acceptors (Lipinski definition) is 3. The molecule has 25 heavy (non-hydrogen) atoms. The van der Waals surface area contributed by atoms with Gasteiger partial charge in [0.15, 0.2) is 0 Å². The fraction of sp³-hybridized carbons (Fsp3) is 0.0588. The average Bonchev–Trinajstić information content (AvgIpc) is 2.81. The minimum absolute atomic E-state index is 0.0827. The second-order valence-corrected chi connectivity index (χ2v) is 7.83. The highest BCUT2D eigenvalue weighted by Gasteiger charge is 2.35. The van der Waals surface area contributed by atoms with Crippen molar-refractivity contribution in [3.8, 4) is 0 Å². The second-order valence-electron chi connectivity index (χ2n) is 5.18. The van der Waals surface area contributed by atoms with E-state index in [1.165, 1.54) is 0 Å². The van der Waals surface area contributed by atoms with Crippen molar-refractivity contribution >= 4 is 75.4 Å². The number of carbonyl (C=O) groups excluding carboxylic acids is 2. The summed E-state index contributed by atoms with van der Waals surface area (Å²) in [6, 6.07) is 9.91.